The van der Waals surface area contributed by atoms with Gasteiger partial charge in [-0.3, -0.25) is 4.68 Å². The van der Waals surface area contributed by atoms with Gasteiger partial charge < -0.3 is 4.90 Å². The van der Waals surface area contributed by atoms with Crippen LogP contribution in [0.4, 0.5) is 0 Å². The molecule has 1 heterocycles. The largest absolute Gasteiger partial charge is 0.309 e. The molecule has 0 aliphatic heterocycles. The van der Waals surface area contributed by atoms with E-state index in [1.165, 1.54) is 23.7 Å². The van der Waals surface area contributed by atoms with Crippen molar-refractivity contribution in [3.8, 4) is 0 Å². The van der Waals surface area contributed by atoms with E-state index in [0.29, 0.717) is 0 Å². The van der Waals surface area contributed by atoms with Crippen molar-refractivity contribution in [2.45, 2.75) is 19.4 Å². The van der Waals surface area contributed by atoms with Gasteiger partial charge in [0.2, 0.25) is 0 Å². The topological polar surface area (TPSA) is 21.1 Å². The Morgan fingerprint density at radius 3 is 2.81 bits per heavy atom. The van der Waals surface area contributed by atoms with Crippen molar-refractivity contribution in [2.75, 3.05) is 20.6 Å². The lowest BCUT2D eigenvalue weighted by atomic mass is 10.2. The molecule has 0 atom stereocenters. The number of para-hydroxylation sites is 1. The van der Waals surface area contributed by atoms with Crippen molar-refractivity contribution >= 4 is 10.9 Å². The normalized spacial score (nSPS) is 11.4. The molecular formula is C13H19N3. The third kappa shape index (κ3) is 2.61. The minimum Gasteiger partial charge on any atom is -0.309 e. The van der Waals surface area contributed by atoms with E-state index in [9.17, 15) is 0 Å². The van der Waals surface area contributed by atoms with Crippen molar-refractivity contribution in [1.29, 1.82) is 0 Å². The van der Waals surface area contributed by atoms with Gasteiger partial charge in [-0.25, -0.2) is 0 Å². The summed E-state index contributed by atoms with van der Waals surface area (Å²) in [5.41, 5.74) is 1.24. The van der Waals surface area contributed by atoms with E-state index >= 15 is 0 Å². The Morgan fingerprint density at radius 1 is 1.19 bits per heavy atom. The highest BCUT2D eigenvalue weighted by Crippen LogP contribution is 2.13. The van der Waals surface area contributed by atoms with Crippen LogP contribution in [0.5, 0.6) is 0 Å². The van der Waals surface area contributed by atoms with Crippen LogP contribution in [0.2, 0.25) is 0 Å². The van der Waals surface area contributed by atoms with Gasteiger partial charge in [-0.05, 0) is 39.5 Å². The predicted molar refractivity (Wildman–Crippen MR) is 67.5 cm³/mol. The second-order valence-corrected chi connectivity index (χ2v) is 4.44. The number of unbranched alkanes of at least 4 members (excludes halogenated alkanes) is 1. The number of aromatic nitrogens is 2. The summed E-state index contributed by atoms with van der Waals surface area (Å²) in [6.07, 6.45) is 4.35. The van der Waals surface area contributed by atoms with Crippen LogP contribution in [-0.2, 0) is 6.54 Å². The van der Waals surface area contributed by atoms with Crippen molar-refractivity contribution in [3.05, 3.63) is 30.5 Å². The Labute approximate surface area is 96.7 Å². The average Bonchev–Trinajstić information content (AvgIpc) is 2.68. The van der Waals surface area contributed by atoms with Gasteiger partial charge in [-0.2, -0.15) is 5.10 Å². The van der Waals surface area contributed by atoms with Crippen molar-refractivity contribution in [3.63, 3.8) is 0 Å². The van der Waals surface area contributed by atoms with Gasteiger partial charge in [0, 0.05) is 11.9 Å². The molecule has 1 aromatic heterocycles. The minimum atomic E-state index is 1.02. The van der Waals surface area contributed by atoms with Gasteiger partial charge in [-0.1, -0.05) is 18.2 Å². The highest BCUT2D eigenvalue weighted by Gasteiger charge is 2.00. The minimum absolute atomic E-state index is 1.02. The molecule has 1 aromatic carbocycles. The maximum Gasteiger partial charge on any atom is 0.0682 e. The smallest absolute Gasteiger partial charge is 0.0682 e. The van der Waals surface area contributed by atoms with Crippen LogP contribution in [0.25, 0.3) is 10.9 Å². The van der Waals surface area contributed by atoms with Gasteiger partial charge in [0.05, 0.1) is 11.7 Å². The van der Waals surface area contributed by atoms with Gasteiger partial charge in [0.25, 0.3) is 0 Å². The summed E-state index contributed by atoms with van der Waals surface area (Å²) in [6, 6.07) is 8.37. The van der Waals surface area contributed by atoms with Crippen LogP contribution in [0.15, 0.2) is 30.5 Å². The molecule has 3 nitrogen and oxygen atoms in total. The van der Waals surface area contributed by atoms with Gasteiger partial charge in [0.15, 0.2) is 0 Å². The fourth-order valence-electron chi connectivity index (χ4n) is 1.89. The number of rotatable bonds is 5. The molecule has 2 aromatic rings. The number of fused-ring (bicyclic) bond motifs is 1. The SMILES string of the molecule is CN(C)CCCCn1ncc2ccccc21. The average molecular weight is 217 g/mol. The maximum absolute atomic E-state index is 4.42. The second kappa shape index (κ2) is 5.12. The van der Waals surface area contributed by atoms with E-state index in [1.807, 2.05) is 6.20 Å². The summed E-state index contributed by atoms with van der Waals surface area (Å²) < 4.78 is 2.10. The number of hydrogen-bond acceptors (Lipinski definition) is 2. The maximum atomic E-state index is 4.42. The lowest BCUT2D eigenvalue weighted by Gasteiger charge is -2.09. The van der Waals surface area contributed by atoms with Gasteiger partial charge >= 0.3 is 0 Å². The zero-order valence-corrected chi connectivity index (χ0v) is 10.1. The Hall–Kier alpha value is -1.35. The number of hydrogen-bond donors (Lipinski definition) is 0. The molecule has 0 aliphatic carbocycles. The lowest BCUT2D eigenvalue weighted by molar-refractivity contribution is 0.385. The zero-order chi connectivity index (χ0) is 11.4. The van der Waals surface area contributed by atoms with Crippen molar-refractivity contribution < 1.29 is 0 Å². The molecule has 0 unspecified atom stereocenters. The highest BCUT2D eigenvalue weighted by molar-refractivity contribution is 5.78. The lowest BCUT2D eigenvalue weighted by Crippen LogP contribution is -2.13. The molecule has 0 saturated carbocycles. The van der Waals surface area contributed by atoms with Crippen LogP contribution in [0.3, 0.4) is 0 Å². The Balaban J connectivity index is 1.94. The van der Waals surface area contributed by atoms with Crippen LogP contribution in [0, 0.1) is 0 Å². The van der Waals surface area contributed by atoms with Crippen LogP contribution < -0.4 is 0 Å². The fourth-order valence-corrected chi connectivity index (χ4v) is 1.89. The Bertz CT molecular complexity index is 445. The quantitative estimate of drug-likeness (QED) is 0.717. The fraction of sp³-hybridized carbons (Fsp3) is 0.462. The molecule has 0 radical (unpaired) electrons. The second-order valence-electron chi connectivity index (χ2n) is 4.44. The first-order valence-corrected chi connectivity index (χ1v) is 5.82. The number of nitrogens with zero attached hydrogens (tertiary/aromatic N) is 3. The van der Waals surface area contributed by atoms with E-state index in [0.717, 1.165) is 13.1 Å². The van der Waals surface area contributed by atoms with Gasteiger partial charge in [-0.15, -0.1) is 0 Å². The van der Waals surface area contributed by atoms with E-state index < -0.39 is 0 Å². The third-order valence-corrected chi connectivity index (χ3v) is 2.78. The summed E-state index contributed by atoms with van der Waals surface area (Å²) in [5.74, 6) is 0. The van der Waals surface area contributed by atoms with Crippen molar-refractivity contribution in [1.82, 2.24) is 14.7 Å². The molecule has 0 saturated heterocycles. The van der Waals surface area contributed by atoms with Crippen LogP contribution in [0.1, 0.15) is 12.8 Å². The molecule has 0 bridgehead atoms. The van der Waals surface area contributed by atoms with Gasteiger partial charge in [0.1, 0.15) is 0 Å². The molecule has 0 spiro atoms. The zero-order valence-electron chi connectivity index (χ0n) is 10.1. The van der Waals surface area contributed by atoms with Crippen LogP contribution >= 0.6 is 0 Å². The molecule has 3 heteroatoms. The van der Waals surface area contributed by atoms with Crippen LogP contribution in [-0.4, -0.2) is 35.3 Å². The molecule has 16 heavy (non-hydrogen) atoms. The first-order valence-electron chi connectivity index (χ1n) is 5.82. The summed E-state index contributed by atoms with van der Waals surface area (Å²) in [6.45, 7) is 2.17. The third-order valence-electron chi connectivity index (χ3n) is 2.78. The summed E-state index contributed by atoms with van der Waals surface area (Å²) in [5, 5.41) is 5.65. The molecule has 86 valence electrons. The predicted octanol–water partition coefficient (Wildman–Crippen LogP) is 2.38. The Morgan fingerprint density at radius 2 is 2.00 bits per heavy atom. The van der Waals surface area contributed by atoms with E-state index in [2.05, 4.69) is 53.0 Å². The first kappa shape index (κ1) is 11.1. The summed E-state index contributed by atoms with van der Waals surface area (Å²) >= 11 is 0. The van der Waals surface area contributed by atoms with E-state index in [1.54, 1.807) is 0 Å². The number of benzene rings is 1. The molecule has 0 N–H and O–H groups in total. The monoisotopic (exact) mass is 217 g/mol. The Kier molecular flexibility index (Phi) is 3.57. The molecule has 0 fully saturated rings. The molecule has 2 rings (SSSR count). The standard InChI is InChI=1S/C13H19N3/c1-15(2)9-5-6-10-16-13-8-4-3-7-12(13)11-14-16/h3-4,7-8,11H,5-6,9-10H2,1-2H3. The number of aryl methyl sites for hydroxylation is 1. The molecular weight excluding hydrogens is 198 g/mol. The van der Waals surface area contributed by atoms with E-state index in [4.69, 9.17) is 0 Å². The summed E-state index contributed by atoms with van der Waals surface area (Å²) in [4.78, 5) is 2.22. The summed E-state index contributed by atoms with van der Waals surface area (Å²) in [7, 11) is 4.23. The molecule has 0 aliphatic rings. The van der Waals surface area contributed by atoms with E-state index in [-0.39, 0.29) is 0 Å². The molecule has 0 amide bonds. The first-order chi connectivity index (χ1) is 7.77. The highest BCUT2D eigenvalue weighted by atomic mass is 15.3. The van der Waals surface area contributed by atoms with Crippen molar-refractivity contribution in [2.24, 2.45) is 0 Å².